The Hall–Kier alpha value is -4.64. The van der Waals surface area contributed by atoms with Gasteiger partial charge >= 0.3 is 11.9 Å². The number of hydrogen-bond donors (Lipinski definition) is 0. The van der Waals surface area contributed by atoms with Crippen LogP contribution in [0.25, 0.3) is 33.8 Å². The standard InChI is InChI=1S/C30H24O5/c1-19(2)29(31)33-25-13-9-22(10-14-25)21-5-7-23(8-6-21)27-17-18-28(35-27)24-11-15-26(16-12-24)34-30(32)20(3)4/h5-18H,1,3H2,2,4H3. The number of carbonyl (C=O) groups is 2. The molecular formula is C30H24O5. The predicted octanol–water partition coefficient (Wildman–Crippen LogP) is 7.24. The van der Waals surface area contributed by atoms with E-state index in [2.05, 4.69) is 13.2 Å². The van der Waals surface area contributed by atoms with E-state index in [0.29, 0.717) is 28.4 Å². The Balaban J connectivity index is 1.45. The first-order valence-corrected chi connectivity index (χ1v) is 11.0. The SMILES string of the molecule is C=C(C)C(=O)Oc1ccc(-c2ccc(-c3ccc(-c4ccc(OC(=O)C(=C)C)cc4)o3)cc2)cc1. The Morgan fingerprint density at radius 3 is 1.23 bits per heavy atom. The molecule has 0 radical (unpaired) electrons. The van der Waals surface area contributed by atoms with Crippen LogP contribution in [0.15, 0.2) is 114 Å². The van der Waals surface area contributed by atoms with Crippen molar-refractivity contribution in [3.63, 3.8) is 0 Å². The maximum atomic E-state index is 11.7. The Labute approximate surface area is 203 Å². The lowest BCUT2D eigenvalue weighted by atomic mass is 10.0. The molecule has 0 N–H and O–H groups in total. The Morgan fingerprint density at radius 1 is 0.543 bits per heavy atom. The summed E-state index contributed by atoms with van der Waals surface area (Å²) in [7, 11) is 0. The highest BCUT2D eigenvalue weighted by molar-refractivity contribution is 5.89. The first kappa shape index (κ1) is 23.5. The monoisotopic (exact) mass is 464 g/mol. The minimum absolute atomic E-state index is 0.344. The van der Waals surface area contributed by atoms with Gasteiger partial charge in [-0.3, -0.25) is 0 Å². The van der Waals surface area contributed by atoms with Crippen LogP contribution in [0.5, 0.6) is 11.5 Å². The molecule has 0 spiro atoms. The van der Waals surface area contributed by atoms with Gasteiger partial charge in [-0.15, -0.1) is 0 Å². The summed E-state index contributed by atoms with van der Waals surface area (Å²) in [5.74, 6) is 1.48. The molecule has 4 aromatic rings. The van der Waals surface area contributed by atoms with Crippen LogP contribution in [0.1, 0.15) is 13.8 Å². The van der Waals surface area contributed by atoms with Gasteiger partial charge < -0.3 is 13.9 Å². The maximum Gasteiger partial charge on any atom is 0.338 e. The topological polar surface area (TPSA) is 65.7 Å². The van der Waals surface area contributed by atoms with Gasteiger partial charge in [0.25, 0.3) is 0 Å². The molecule has 0 aliphatic rings. The molecular weight excluding hydrogens is 440 g/mol. The highest BCUT2D eigenvalue weighted by Gasteiger charge is 2.10. The van der Waals surface area contributed by atoms with E-state index in [9.17, 15) is 9.59 Å². The van der Waals surface area contributed by atoms with Crippen LogP contribution in [0.4, 0.5) is 0 Å². The van der Waals surface area contributed by atoms with E-state index in [0.717, 1.165) is 28.0 Å². The second-order valence-electron chi connectivity index (χ2n) is 8.13. The minimum Gasteiger partial charge on any atom is -0.456 e. The van der Waals surface area contributed by atoms with Crippen LogP contribution < -0.4 is 9.47 Å². The molecule has 0 aliphatic heterocycles. The molecule has 0 saturated carbocycles. The summed E-state index contributed by atoms with van der Waals surface area (Å²) in [5, 5.41) is 0. The summed E-state index contributed by atoms with van der Waals surface area (Å²) in [4.78, 5) is 23.3. The lowest BCUT2D eigenvalue weighted by molar-refractivity contribution is -0.130. The number of benzene rings is 3. The largest absolute Gasteiger partial charge is 0.456 e. The zero-order valence-corrected chi connectivity index (χ0v) is 19.5. The fraction of sp³-hybridized carbons (Fsp3) is 0.0667. The van der Waals surface area contributed by atoms with Gasteiger partial charge in [-0.05, 0) is 73.5 Å². The predicted molar refractivity (Wildman–Crippen MR) is 136 cm³/mol. The zero-order valence-electron chi connectivity index (χ0n) is 19.5. The van der Waals surface area contributed by atoms with E-state index in [-0.39, 0.29) is 0 Å². The lowest BCUT2D eigenvalue weighted by Gasteiger charge is -2.06. The van der Waals surface area contributed by atoms with Crippen molar-refractivity contribution in [1.29, 1.82) is 0 Å². The number of rotatable bonds is 7. The summed E-state index contributed by atoms with van der Waals surface area (Å²) in [6.07, 6.45) is 0. The van der Waals surface area contributed by atoms with Crippen molar-refractivity contribution in [2.75, 3.05) is 0 Å². The molecule has 0 bridgehead atoms. The molecule has 0 saturated heterocycles. The third-order valence-electron chi connectivity index (χ3n) is 5.22. The average Bonchev–Trinajstić information content (AvgIpc) is 3.35. The van der Waals surface area contributed by atoms with Crippen LogP contribution in [0.2, 0.25) is 0 Å². The number of carbonyl (C=O) groups excluding carboxylic acids is 2. The van der Waals surface area contributed by atoms with E-state index in [1.54, 1.807) is 38.1 Å². The number of hydrogen-bond acceptors (Lipinski definition) is 5. The molecule has 5 heteroatoms. The highest BCUT2D eigenvalue weighted by atomic mass is 16.5. The van der Waals surface area contributed by atoms with Gasteiger partial charge in [-0.1, -0.05) is 49.6 Å². The summed E-state index contributed by atoms with van der Waals surface area (Å²) in [6, 6.07) is 26.3. The molecule has 0 fully saturated rings. The van der Waals surface area contributed by atoms with E-state index in [1.807, 2.05) is 60.7 Å². The van der Waals surface area contributed by atoms with Crippen molar-refractivity contribution in [2.45, 2.75) is 13.8 Å². The van der Waals surface area contributed by atoms with Gasteiger partial charge in [0.05, 0.1) is 0 Å². The molecule has 0 amide bonds. The first-order chi connectivity index (χ1) is 16.8. The molecule has 0 unspecified atom stereocenters. The van der Waals surface area contributed by atoms with E-state index in [4.69, 9.17) is 13.9 Å². The fourth-order valence-electron chi connectivity index (χ4n) is 3.27. The van der Waals surface area contributed by atoms with Gasteiger partial charge in [0.2, 0.25) is 0 Å². The van der Waals surface area contributed by atoms with Crippen LogP contribution >= 0.6 is 0 Å². The van der Waals surface area contributed by atoms with Crippen LogP contribution in [0.3, 0.4) is 0 Å². The fourth-order valence-corrected chi connectivity index (χ4v) is 3.27. The second kappa shape index (κ2) is 10.1. The van der Waals surface area contributed by atoms with Crippen LogP contribution in [0, 0.1) is 0 Å². The molecule has 5 nitrogen and oxygen atoms in total. The normalized spacial score (nSPS) is 10.5. The van der Waals surface area contributed by atoms with Gasteiger partial charge in [0.15, 0.2) is 0 Å². The molecule has 4 rings (SSSR count). The van der Waals surface area contributed by atoms with E-state index < -0.39 is 11.9 Å². The van der Waals surface area contributed by atoms with Crippen molar-refractivity contribution in [1.82, 2.24) is 0 Å². The number of ether oxygens (including phenoxy) is 2. The quantitative estimate of drug-likeness (QED) is 0.164. The summed E-state index contributed by atoms with van der Waals surface area (Å²) < 4.78 is 16.5. The molecule has 35 heavy (non-hydrogen) atoms. The Kier molecular flexibility index (Phi) is 6.78. The molecule has 174 valence electrons. The molecule has 1 heterocycles. The lowest BCUT2D eigenvalue weighted by Crippen LogP contribution is -2.07. The number of furan rings is 1. The maximum absolute atomic E-state index is 11.7. The van der Waals surface area contributed by atoms with Crippen LogP contribution in [-0.4, -0.2) is 11.9 Å². The number of esters is 2. The summed E-state index contributed by atoms with van der Waals surface area (Å²) in [6.45, 7) is 10.4. The highest BCUT2D eigenvalue weighted by Crippen LogP contribution is 2.31. The van der Waals surface area contributed by atoms with Crippen LogP contribution in [-0.2, 0) is 9.59 Å². The summed E-state index contributed by atoms with van der Waals surface area (Å²) >= 11 is 0. The zero-order chi connectivity index (χ0) is 24.9. The molecule has 0 atom stereocenters. The molecule has 0 aliphatic carbocycles. The van der Waals surface area contributed by atoms with Gasteiger partial charge in [-0.2, -0.15) is 0 Å². The van der Waals surface area contributed by atoms with E-state index >= 15 is 0 Å². The van der Waals surface area contributed by atoms with Crippen molar-refractivity contribution < 1.29 is 23.5 Å². The van der Waals surface area contributed by atoms with Crippen molar-refractivity contribution in [2.24, 2.45) is 0 Å². The van der Waals surface area contributed by atoms with Gasteiger partial charge in [0, 0.05) is 22.3 Å². The van der Waals surface area contributed by atoms with Crippen molar-refractivity contribution >= 4 is 11.9 Å². The third kappa shape index (κ3) is 5.65. The van der Waals surface area contributed by atoms with Crippen molar-refractivity contribution in [3.8, 4) is 45.3 Å². The minimum atomic E-state index is -0.455. The van der Waals surface area contributed by atoms with Gasteiger partial charge in [-0.25, -0.2) is 9.59 Å². The summed E-state index contributed by atoms with van der Waals surface area (Å²) in [5.41, 5.74) is 4.54. The Bertz CT molecular complexity index is 1390. The van der Waals surface area contributed by atoms with Gasteiger partial charge in [0.1, 0.15) is 23.0 Å². The Morgan fingerprint density at radius 2 is 0.857 bits per heavy atom. The third-order valence-corrected chi connectivity index (χ3v) is 5.22. The van der Waals surface area contributed by atoms with E-state index in [1.165, 1.54) is 0 Å². The first-order valence-electron chi connectivity index (χ1n) is 11.0. The molecule has 1 aromatic heterocycles. The second-order valence-corrected chi connectivity index (χ2v) is 8.13. The van der Waals surface area contributed by atoms with Crippen molar-refractivity contribution in [3.05, 3.63) is 109 Å². The smallest absolute Gasteiger partial charge is 0.338 e. The average molecular weight is 465 g/mol. The molecule has 3 aromatic carbocycles.